The van der Waals surface area contributed by atoms with E-state index in [9.17, 15) is 20.1 Å². The second kappa shape index (κ2) is 11.7. The second-order valence-corrected chi connectivity index (χ2v) is 10.8. The average molecular weight is 483 g/mol. The highest BCUT2D eigenvalue weighted by atomic mass is 16.3. The van der Waals surface area contributed by atoms with E-state index in [1.165, 1.54) is 50.3 Å². The van der Waals surface area contributed by atoms with Gasteiger partial charge < -0.3 is 25.1 Å². The van der Waals surface area contributed by atoms with Crippen LogP contribution in [0.15, 0.2) is 30.3 Å². The molecule has 1 aliphatic rings. The fourth-order valence-electron chi connectivity index (χ4n) is 5.11. The molecule has 0 bridgehead atoms. The van der Waals surface area contributed by atoms with Crippen molar-refractivity contribution in [1.82, 2.24) is 0 Å². The standard InChI is InChI=1S/C29H42N2O4/c1-19(2)9-6-10-20(3)11-7-12-21(4)15-16-31-24-17-22(32)18-26(34)28(24)30(5)27-23(29(31)35)13-8-14-25(27)33/h8,13-14,17-21,32-34H,6-7,9-12,15-16H2,1-5H3. The van der Waals surface area contributed by atoms with Crippen LogP contribution in [0.1, 0.15) is 83.0 Å². The number of benzene rings is 2. The predicted molar refractivity (Wildman–Crippen MR) is 143 cm³/mol. The Kier molecular flexibility index (Phi) is 8.92. The lowest BCUT2D eigenvalue weighted by Gasteiger charge is -2.26. The lowest BCUT2D eigenvalue weighted by molar-refractivity contribution is 0.0986. The molecule has 0 aromatic heterocycles. The van der Waals surface area contributed by atoms with Crippen molar-refractivity contribution in [3.63, 3.8) is 0 Å². The first-order valence-electron chi connectivity index (χ1n) is 13.0. The molecule has 1 heterocycles. The molecule has 0 radical (unpaired) electrons. The summed E-state index contributed by atoms with van der Waals surface area (Å²) in [5.74, 6) is 1.41. The topological polar surface area (TPSA) is 84.2 Å². The van der Waals surface area contributed by atoms with Gasteiger partial charge in [0.25, 0.3) is 5.91 Å². The van der Waals surface area contributed by atoms with Crippen LogP contribution in [-0.4, -0.2) is 34.8 Å². The van der Waals surface area contributed by atoms with E-state index in [2.05, 4.69) is 27.7 Å². The molecule has 3 N–H and O–H groups in total. The third-order valence-corrected chi connectivity index (χ3v) is 7.22. The van der Waals surface area contributed by atoms with Crippen molar-refractivity contribution in [3.8, 4) is 17.2 Å². The number of nitrogens with zero attached hydrogens (tertiary/aromatic N) is 2. The van der Waals surface area contributed by atoms with Crippen LogP contribution >= 0.6 is 0 Å². The highest BCUT2D eigenvalue weighted by Crippen LogP contribution is 2.49. The maximum Gasteiger partial charge on any atom is 0.260 e. The molecule has 2 atom stereocenters. The number of fused-ring (bicyclic) bond motifs is 2. The first-order chi connectivity index (χ1) is 16.6. The van der Waals surface area contributed by atoms with E-state index >= 15 is 0 Å². The number of carbonyl (C=O) groups is 1. The summed E-state index contributed by atoms with van der Waals surface area (Å²) in [6.45, 7) is 9.59. The number of para-hydroxylation sites is 1. The zero-order valence-corrected chi connectivity index (χ0v) is 21.9. The highest BCUT2D eigenvalue weighted by molar-refractivity contribution is 6.15. The Morgan fingerprint density at radius 3 is 2.09 bits per heavy atom. The molecular formula is C29H42N2O4. The summed E-state index contributed by atoms with van der Waals surface area (Å²) < 4.78 is 0. The van der Waals surface area contributed by atoms with Crippen LogP contribution in [0, 0.1) is 17.8 Å². The van der Waals surface area contributed by atoms with Crippen LogP contribution in [0.2, 0.25) is 0 Å². The summed E-state index contributed by atoms with van der Waals surface area (Å²) in [4.78, 5) is 16.9. The third kappa shape index (κ3) is 6.41. The van der Waals surface area contributed by atoms with E-state index < -0.39 is 0 Å². The maximum atomic E-state index is 13.6. The third-order valence-electron chi connectivity index (χ3n) is 7.22. The lowest BCUT2D eigenvalue weighted by Crippen LogP contribution is -2.32. The van der Waals surface area contributed by atoms with Gasteiger partial charge in [-0.25, -0.2) is 0 Å². The second-order valence-electron chi connectivity index (χ2n) is 10.8. The smallest absolute Gasteiger partial charge is 0.260 e. The van der Waals surface area contributed by atoms with Crippen molar-refractivity contribution in [2.24, 2.45) is 17.8 Å². The number of amides is 1. The number of rotatable bonds is 11. The molecule has 0 spiro atoms. The minimum absolute atomic E-state index is 0.0329. The molecule has 0 aliphatic carbocycles. The normalized spacial score (nSPS) is 15.1. The van der Waals surface area contributed by atoms with E-state index in [-0.39, 0.29) is 23.2 Å². The molecule has 2 aromatic rings. The van der Waals surface area contributed by atoms with Gasteiger partial charge >= 0.3 is 0 Å². The first-order valence-corrected chi connectivity index (χ1v) is 13.0. The Balaban J connectivity index is 1.71. The van der Waals surface area contributed by atoms with Gasteiger partial charge in [0, 0.05) is 25.7 Å². The fraction of sp³-hybridized carbons (Fsp3) is 0.552. The number of phenolic OH excluding ortho intramolecular Hbond substituents is 3. The molecule has 35 heavy (non-hydrogen) atoms. The molecule has 192 valence electrons. The van der Waals surface area contributed by atoms with Crippen LogP contribution in [0.5, 0.6) is 17.2 Å². The van der Waals surface area contributed by atoms with E-state index in [4.69, 9.17) is 0 Å². The molecule has 1 aliphatic heterocycles. The zero-order valence-electron chi connectivity index (χ0n) is 21.9. The summed E-state index contributed by atoms with van der Waals surface area (Å²) in [6.07, 6.45) is 8.21. The average Bonchev–Trinajstić information content (AvgIpc) is 2.86. The van der Waals surface area contributed by atoms with Crippen LogP contribution in [0.3, 0.4) is 0 Å². The Hall–Kier alpha value is -2.89. The van der Waals surface area contributed by atoms with Crippen molar-refractivity contribution in [3.05, 3.63) is 35.9 Å². The Morgan fingerprint density at radius 2 is 1.43 bits per heavy atom. The van der Waals surface area contributed by atoms with Crippen molar-refractivity contribution in [1.29, 1.82) is 0 Å². The minimum Gasteiger partial charge on any atom is -0.508 e. The van der Waals surface area contributed by atoms with Crippen molar-refractivity contribution in [2.75, 3.05) is 23.4 Å². The van der Waals surface area contributed by atoms with Crippen molar-refractivity contribution >= 4 is 23.0 Å². The van der Waals surface area contributed by atoms with Crippen molar-refractivity contribution < 1.29 is 20.1 Å². The number of carbonyl (C=O) groups excluding carboxylic acids is 1. The van der Waals surface area contributed by atoms with Gasteiger partial charge in [0.1, 0.15) is 22.9 Å². The van der Waals surface area contributed by atoms with E-state index in [1.54, 1.807) is 29.0 Å². The van der Waals surface area contributed by atoms with Crippen LogP contribution in [0.25, 0.3) is 0 Å². The van der Waals surface area contributed by atoms with Gasteiger partial charge in [-0.3, -0.25) is 4.79 Å². The number of anilines is 3. The highest BCUT2D eigenvalue weighted by Gasteiger charge is 2.33. The van der Waals surface area contributed by atoms with Gasteiger partial charge in [0.2, 0.25) is 0 Å². The summed E-state index contributed by atoms with van der Waals surface area (Å²) in [5.41, 5.74) is 1.54. The summed E-state index contributed by atoms with van der Waals surface area (Å²) in [7, 11) is 1.70. The molecule has 2 unspecified atom stereocenters. The Labute approximate surface area is 210 Å². The molecular weight excluding hydrogens is 440 g/mol. The molecule has 0 saturated carbocycles. The van der Waals surface area contributed by atoms with Gasteiger partial charge in [-0.15, -0.1) is 0 Å². The van der Waals surface area contributed by atoms with Crippen LogP contribution < -0.4 is 9.80 Å². The van der Waals surface area contributed by atoms with E-state index in [1.807, 2.05) is 0 Å². The monoisotopic (exact) mass is 482 g/mol. The summed E-state index contributed by atoms with van der Waals surface area (Å²) in [5, 5.41) is 31.4. The number of hydrogen-bond donors (Lipinski definition) is 3. The van der Waals surface area contributed by atoms with Crippen molar-refractivity contribution in [2.45, 2.75) is 72.6 Å². The largest absolute Gasteiger partial charge is 0.508 e. The number of phenols is 3. The molecule has 6 heteroatoms. The van der Waals surface area contributed by atoms with E-state index in [0.29, 0.717) is 35.1 Å². The molecule has 6 nitrogen and oxygen atoms in total. The number of aromatic hydroxyl groups is 3. The van der Waals surface area contributed by atoms with Gasteiger partial charge in [-0.05, 0) is 36.3 Å². The summed E-state index contributed by atoms with van der Waals surface area (Å²) in [6, 6.07) is 7.63. The zero-order chi connectivity index (χ0) is 25.7. The van der Waals surface area contributed by atoms with Crippen LogP contribution in [0.4, 0.5) is 17.1 Å². The summed E-state index contributed by atoms with van der Waals surface area (Å²) >= 11 is 0. The Morgan fingerprint density at radius 1 is 0.800 bits per heavy atom. The van der Waals surface area contributed by atoms with Gasteiger partial charge in [-0.1, -0.05) is 72.3 Å². The first kappa shape index (κ1) is 26.7. The lowest BCUT2D eigenvalue weighted by atomic mass is 9.92. The maximum absolute atomic E-state index is 13.6. The molecule has 3 rings (SSSR count). The SMILES string of the molecule is CC(C)CCCC(C)CCCC(C)CCN1C(=O)c2cccc(O)c2N(C)c2c(O)cc(O)cc21. The minimum atomic E-state index is -0.252. The Bertz CT molecular complexity index is 1020. The van der Waals surface area contributed by atoms with Gasteiger partial charge in [0.15, 0.2) is 0 Å². The van der Waals surface area contributed by atoms with Crippen LogP contribution in [-0.2, 0) is 0 Å². The number of hydrogen-bond acceptors (Lipinski definition) is 5. The predicted octanol–water partition coefficient (Wildman–Crippen LogP) is 7.19. The molecule has 0 fully saturated rings. The van der Waals surface area contributed by atoms with Gasteiger partial charge in [-0.2, -0.15) is 0 Å². The molecule has 0 saturated heterocycles. The molecule has 2 aromatic carbocycles. The quantitative estimate of drug-likeness (QED) is 0.316. The fourth-order valence-corrected chi connectivity index (χ4v) is 5.11. The molecule has 1 amide bonds. The van der Waals surface area contributed by atoms with Gasteiger partial charge in [0.05, 0.1) is 16.9 Å². The van der Waals surface area contributed by atoms with E-state index in [0.717, 1.165) is 24.7 Å².